The standard InChI is InChI=1S/C19H21NO4/c1-12(17(21)20-19(18(22)23)8-3-9-19)13-4-5-15-11-16(24-2)7-6-14(15)10-13/h4-7,10-12H,3,8-9H2,1-2H3,(H,20,21)(H,22,23)/t12-/m0/s1. The predicted molar refractivity (Wildman–Crippen MR) is 91.3 cm³/mol. The van der Waals surface area contributed by atoms with Crippen LogP contribution in [-0.2, 0) is 9.59 Å². The first-order valence-electron chi connectivity index (χ1n) is 8.08. The average Bonchev–Trinajstić information content (AvgIpc) is 2.55. The van der Waals surface area contributed by atoms with Gasteiger partial charge in [0, 0.05) is 0 Å². The number of aliphatic carboxylic acids is 1. The fraction of sp³-hybridized carbons (Fsp3) is 0.368. The minimum atomic E-state index is -1.07. The summed E-state index contributed by atoms with van der Waals surface area (Å²) in [6, 6.07) is 11.6. The van der Waals surface area contributed by atoms with Crippen LogP contribution >= 0.6 is 0 Å². The number of nitrogens with one attached hydrogen (secondary N) is 1. The Bertz CT molecular complexity index is 795. The van der Waals surface area contributed by atoms with E-state index in [9.17, 15) is 14.7 Å². The molecule has 1 amide bonds. The molecule has 0 spiro atoms. The van der Waals surface area contributed by atoms with Gasteiger partial charge in [0.05, 0.1) is 13.0 Å². The van der Waals surface area contributed by atoms with E-state index in [0.29, 0.717) is 12.8 Å². The van der Waals surface area contributed by atoms with Crippen molar-refractivity contribution in [3.63, 3.8) is 0 Å². The van der Waals surface area contributed by atoms with Crippen LogP contribution in [0.4, 0.5) is 0 Å². The Morgan fingerprint density at radius 3 is 2.42 bits per heavy atom. The lowest BCUT2D eigenvalue weighted by Gasteiger charge is -2.39. The molecule has 0 heterocycles. The van der Waals surface area contributed by atoms with Gasteiger partial charge < -0.3 is 15.2 Å². The number of fused-ring (bicyclic) bond motifs is 1. The third-order valence-corrected chi connectivity index (χ3v) is 4.94. The van der Waals surface area contributed by atoms with E-state index in [4.69, 9.17) is 4.74 Å². The molecule has 126 valence electrons. The van der Waals surface area contributed by atoms with E-state index in [-0.39, 0.29) is 5.91 Å². The van der Waals surface area contributed by atoms with Crippen molar-refractivity contribution in [1.82, 2.24) is 5.32 Å². The van der Waals surface area contributed by atoms with Crippen molar-refractivity contribution < 1.29 is 19.4 Å². The van der Waals surface area contributed by atoms with Crippen molar-refractivity contribution in [1.29, 1.82) is 0 Å². The first-order valence-corrected chi connectivity index (χ1v) is 8.08. The maximum Gasteiger partial charge on any atom is 0.329 e. The van der Waals surface area contributed by atoms with Gasteiger partial charge in [-0.15, -0.1) is 0 Å². The highest BCUT2D eigenvalue weighted by Crippen LogP contribution is 2.33. The molecule has 0 bridgehead atoms. The van der Waals surface area contributed by atoms with E-state index in [0.717, 1.165) is 28.5 Å². The number of ether oxygens (including phenoxy) is 1. The molecule has 0 aromatic heterocycles. The number of carboxylic acids is 1. The van der Waals surface area contributed by atoms with E-state index >= 15 is 0 Å². The molecular formula is C19H21NO4. The van der Waals surface area contributed by atoms with Crippen LogP contribution in [0.5, 0.6) is 5.75 Å². The van der Waals surface area contributed by atoms with Gasteiger partial charge in [-0.25, -0.2) is 4.79 Å². The second-order valence-electron chi connectivity index (χ2n) is 6.42. The molecule has 1 atom stereocenters. The maximum absolute atomic E-state index is 12.5. The van der Waals surface area contributed by atoms with Gasteiger partial charge in [-0.1, -0.05) is 24.3 Å². The fourth-order valence-corrected chi connectivity index (χ4v) is 3.06. The number of rotatable bonds is 5. The summed E-state index contributed by atoms with van der Waals surface area (Å²) in [4.78, 5) is 23.9. The van der Waals surface area contributed by atoms with Crippen molar-refractivity contribution in [3.05, 3.63) is 42.0 Å². The Morgan fingerprint density at radius 2 is 1.83 bits per heavy atom. The predicted octanol–water partition coefficient (Wildman–Crippen LogP) is 3.08. The molecule has 24 heavy (non-hydrogen) atoms. The summed E-state index contributed by atoms with van der Waals surface area (Å²) in [6.07, 6.45) is 1.83. The second kappa shape index (κ2) is 6.15. The van der Waals surface area contributed by atoms with Gasteiger partial charge in [0.25, 0.3) is 0 Å². The van der Waals surface area contributed by atoms with E-state index in [1.165, 1.54) is 0 Å². The highest BCUT2D eigenvalue weighted by Gasteiger charge is 2.46. The van der Waals surface area contributed by atoms with Crippen molar-refractivity contribution >= 4 is 22.6 Å². The summed E-state index contributed by atoms with van der Waals surface area (Å²) in [5.41, 5.74) is -0.208. The molecule has 0 radical (unpaired) electrons. The average molecular weight is 327 g/mol. The first-order chi connectivity index (χ1) is 11.4. The van der Waals surface area contributed by atoms with Gasteiger partial charge in [0.15, 0.2) is 0 Å². The van der Waals surface area contributed by atoms with E-state index in [2.05, 4.69) is 5.32 Å². The number of hydrogen-bond acceptors (Lipinski definition) is 3. The number of amides is 1. The summed E-state index contributed by atoms with van der Waals surface area (Å²) in [5.74, 6) is -0.812. The molecule has 1 aliphatic rings. The fourth-order valence-electron chi connectivity index (χ4n) is 3.06. The Labute approximate surface area is 140 Å². The molecule has 1 saturated carbocycles. The van der Waals surface area contributed by atoms with Crippen LogP contribution < -0.4 is 10.1 Å². The zero-order valence-electron chi connectivity index (χ0n) is 13.8. The summed E-state index contributed by atoms with van der Waals surface area (Å²) >= 11 is 0. The van der Waals surface area contributed by atoms with Gasteiger partial charge in [0.1, 0.15) is 11.3 Å². The van der Waals surface area contributed by atoms with Crippen LogP contribution in [0.25, 0.3) is 10.8 Å². The largest absolute Gasteiger partial charge is 0.497 e. The quantitative estimate of drug-likeness (QED) is 0.885. The van der Waals surface area contributed by atoms with Crippen molar-refractivity contribution in [2.75, 3.05) is 7.11 Å². The lowest BCUT2D eigenvalue weighted by molar-refractivity contribution is -0.152. The number of carbonyl (C=O) groups is 2. The molecule has 0 saturated heterocycles. The third kappa shape index (κ3) is 2.82. The van der Waals surface area contributed by atoms with Gasteiger partial charge in [-0.05, 0) is 54.7 Å². The minimum absolute atomic E-state index is 0.245. The summed E-state index contributed by atoms with van der Waals surface area (Å²) in [5, 5.41) is 14.1. The van der Waals surface area contributed by atoms with Gasteiger partial charge in [-0.3, -0.25) is 4.79 Å². The van der Waals surface area contributed by atoms with E-state index < -0.39 is 17.4 Å². The lowest BCUT2D eigenvalue weighted by atomic mass is 9.76. The number of carbonyl (C=O) groups excluding carboxylic acids is 1. The van der Waals surface area contributed by atoms with Gasteiger partial charge in [-0.2, -0.15) is 0 Å². The van der Waals surface area contributed by atoms with E-state index in [1.807, 2.05) is 36.4 Å². The molecule has 0 aliphatic heterocycles. The number of carboxylic acid groups (broad SMARTS) is 1. The number of benzene rings is 2. The molecule has 2 aromatic rings. The highest BCUT2D eigenvalue weighted by molar-refractivity contribution is 5.92. The summed E-state index contributed by atoms with van der Waals surface area (Å²) in [6.45, 7) is 1.80. The molecule has 1 fully saturated rings. The smallest absolute Gasteiger partial charge is 0.329 e. The Hall–Kier alpha value is -2.56. The zero-order chi connectivity index (χ0) is 17.3. The minimum Gasteiger partial charge on any atom is -0.497 e. The van der Waals surface area contributed by atoms with Crippen LogP contribution in [0.1, 0.15) is 37.7 Å². The van der Waals surface area contributed by atoms with Crippen molar-refractivity contribution in [3.8, 4) is 5.75 Å². The molecule has 1 aliphatic carbocycles. The number of methoxy groups -OCH3 is 1. The molecule has 2 aromatic carbocycles. The Morgan fingerprint density at radius 1 is 1.17 bits per heavy atom. The van der Waals surface area contributed by atoms with Crippen LogP contribution in [0.2, 0.25) is 0 Å². The summed E-state index contributed by atoms with van der Waals surface area (Å²) < 4.78 is 5.21. The summed E-state index contributed by atoms with van der Waals surface area (Å²) in [7, 11) is 1.63. The van der Waals surface area contributed by atoms with Crippen LogP contribution in [0.3, 0.4) is 0 Å². The van der Waals surface area contributed by atoms with E-state index in [1.54, 1.807) is 14.0 Å². The van der Waals surface area contributed by atoms with Gasteiger partial charge in [0.2, 0.25) is 5.91 Å². The van der Waals surface area contributed by atoms with Crippen molar-refractivity contribution in [2.45, 2.75) is 37.6 Å². The maximum atomic E-state index is 12.5. The SMILES string of the molecule is COc1ccc2cc([C@H](C)C(=O)NC3(C(=O)O)CCC3)ccc2c1. The molecule has 0 unspecified atom stereocenters. The topological polar surface area (TPSA) is 75.6 Å². The Balaban J connectivity index is 1.81. The monoisotopic (exact) mass is 327 g/mol. The molecule has 5 nitrogen and oxygen atoms in total. The first kappa shape index (κ1) is 16.3. The lowest BCUT2D eigenvalue weighted by Crippen LogP contribution is -2.59. The molecule has 5 heteroatoms. The van der Waals surface area contributed by atoms with Gasteiger partial charge >= 0.3 is 5.97 Å². The number of hydrogen-bond donors (Lipinski definition) is 2. The van der Waals surface area contributed by atoms with Crippen LogP contribution in [0, 0.1) is 0 Å². The Kier molecular flexibility index (Phi) is 4.18. The third-order valence-electron chi connectivity index (χ3n) is 4.94. The van der Waals surface area contributed by atoms with Crippen molar-refractivity contribution in [2.24, 2.45) is 0 Å². The van der Waals surface area contributed by atoms with Crippen LogP contribution in [-0.4, -0.2) is 29.6 Å². The molecule has 3 rings (SSSR count). The second-order valence-corrected chi connectivity index (χ2v) is 6.42. The molecule has 2 N–H and O–H groups in total. The normalized spacial score (nSPS) is 16.9. The molecular weight excluding hydrogens is 306 g/mol. The van der Waals surface area contributed by atoms with Crippen LogP contribution in [0.15, 0.2) is 36.4 Å². The highest BCUT2D eigenvalue weighted by atomic mass is 16.5. The zero-order valence-corrected chi connectivity index (χ0v) is 13.8.